The molecular formula is C19H19ClN4O5. The Morgan fingerprint density at radius 1 is 1.28 bits per heavy atom. The Morgan fingerprint density at radius 3 is 2.55 bits per heavy atom. The molecule has 0 unspecified atom stereocenters. The van der Waals surface area contributed by atoms with Crippen LogP contribution in [0.4, 0.5) is 0 Å². The maximum absolute atomic E-state index is 12.7. The summed E-state index contributed by atoms with van der Waals surface area (Å²) in [4.78, 5) is 23.8. The summed E-state index contributed by atoms with van der Waals surface area (Å²) in [6.07, 6.45) is 0. The van der Waals surface area contributed by atoms with Crippen molar-refractivity contribution in [3.63, 3.8) is 0 Å². The first-order chi connectivity index (χ1) is 13.7. The Bertz CT molecular complexity index is 1070. The minimum Gasteiger partial charge on any atom is -0.480 e. The first kappa shape index (κ1) is 20.4. The van der Waals surface area contributed by atoms with Gasteiger partial charge >= 0.3 is 5.97 Å². The lowest BCUT2D eigenvalue weighted by Gasteiger charge is -2.11. The summed E-state index contributed by atoms with van der Waals surface area (Å²) < 4.78 is 12.7. The number of hydrogen-bond acceptors (Lipinski definition) is 6. The number of carbonyl (C=O) groups is 2. The molecule has 2 N–H and O–H groups in total. The summed E-state index contributed by atoms with van der Waals surface area (Å²) in [6, 6.07) is 5.69. The lowest BCUT2D eigenvalue weighted by Crippen LogP contribution is -2.38. The van der Waals surface area contributed by atoms with Crippen molar-refractivity contribution in [3.05, 3.63) is 46.3 Å². The monoisotopic (exact) mass is 418 g/mol. The summed E-state index contributed by atoms with van der Waals surface area (Å²) in [5, 5.41) is 20.4. The third-order valence-corrected chi connectivity index (χ3v) is 4.49. The third kappa shape index (κ3) is 4.09. The van der Waals surface area contributed by atoms with E-state index in [4.69, 9.17) is 26.0 Å². The number of aliphatic carboxylic acids is 1. The highest BCUT2D eigenvalue weighted by molar-refractivity contribution is 6.30. The Labute approximate surface area is 171 Å². The number of rotatable bonds is 6. The van der Waals surface area contributed by atoms with Crippen LogP contribution in [0.5, 0.6) is 11.6 Å². The zero-order chi connectivity index (χ0) is 21.3. The van der Waals surface area contributed by atoms with E-state index in [0.717, 1.165) is 0 Å². The molecule has 0 fully saturated rings. The number of nitrogens with one attached hydrogen (secondary N) is 1. The topological polar surface area (TPSA) is 119 Å². The molecule has 10 heteroatoms. The molecule has 3 rings (SSSR count). The largest absolute Gasteiger partial charge is 0.480 e. The predicted molar refractivity (Wildman–Crippen MR) is 104 cm³/mol. The molecule has 2 aromatic heterocycles. The average Bonchev–Trinajstić information content (AvgIpc) is 3.15. The van der Waals surface area contributed by atoms with Gasteiger partial charge < -0.3 is 19.7 Å². The quantitative estimate of drug-likeness (QED) is 0.629. The van der Waals surface area contributed by atoms with Crippen LogP contribution in [0, 0.1) is 13.8 Å². The number of ether oxygens (including phenoxy) is 1. The van der Waals surface area contributed by atoms with Crippen molar-refractivity contribution in [2.45, 2.75) is 26.8 Å². The Hall–Kier alpha value is -3.33. The predicted octanol–water partition coefficient (Wildman–Crippen LogP) is 3.34. The SMILES string of the molecule is Cc1nn(C)c(Oc2ccc(Cl)cc2)c1-c1noc(C)c1C(=O)N[C@@H](C)C(=O)O. The Balaban J connectivity index is 2.05. The lowest BCUT2D eigenvalue weighted by molar-refractivity contribution is -0.138. The van der Waals surface area contributed by atoms with Gasteiger partial charge in [0.05, 0.1) is 11.3 Å². The number of hydrogen-bond donors (Lipinski definition) is 2. The normalized spacial score (nSPS) is 11.9. The van der Waals surface area contributed by atoms with E-state index in [0.29, 0.717) is 27.9 Å². The van der Waals surface area contributed by atoms with Gasteiger partial charge in [0.15, 0.2) is 0 Å². The maximum atomic E-state index is 12.7. The molecule has 2 heterocycles. The number of amides is 1. The number of benzene rings is 1. The number of aromatic nitrogens is 3. The highest BCUT2D eigenvalue weighted by atomic mass is 35.5. The lowest BCUT2D eigenvalue weighted by atomic mass is 10.1. The van der Waals surface area contributed by atoms with E-state index in [9.17, 15) is 9.59 Å². The van der Waals surface area contributed by atoms with Crippen LogP contribution in [0.2, 0.25) is 5.02 Å². The van der Waals surface area contributed by atoms with Crippen LogP contribution in [0.25, 0.3) is 11.3 Å². The highest BCUT2D eigenvalue weighted by Crippen LogP contribution is 2.37. The zero-order valence-corrected chi connectivity index (χ0v) is 16.9. The average molecular weight is 419 g/mol. The Kier molecular flexibility index (Phi) is 5.60. The van der Waals surface area contributed by atoms with Gasteiger partial charge in [-0.25, -0.2) is 4.68 Å². The maximum Gasteiger partial charge on any atom is 0.325 e. The summed E-state index contributed by atoms with van der Waals surface area (Å²) in [7, 11) is 1.70. The number of halogens is 1. The molecule has 152 valence electrons. The van der Waals surface area contributed by atoms with Gasteiger partial charge in [0, 0.05) is 12.1 Å². The van der Waals surface area contributed by atoms with Crippen molar-refractivity contribution in [1.29, 1.82) is 0 Å². The van der Waals surface area contributed by atoms with E-state index in [1.165, 1.54) is 11.6 Å². The van der Waals surface area contributed by atoms with E-state index in [-0.39, 0.29) is 17.0 Å². The van der Waals surface area contributed by atoms with Crippen LogP contribution in [0.1, 0.15) is 28.7 Å². The van der Waals surface area contributed by atoms with Gasteiger partial charge in [0.25, 0.3) is 5.91 Å². The van der Waals surface area contributed by atoms with Gasteiger partial charge in [-0.1, -0.05) is 16.8 Å². The summed E-state index contributed by atoms with van der Waals surface area (Å²) >= 11 is 5.92. The zero-order valence-electron chi connectivity index (χ0n) is 16.2. The fourth-order valence-corrected chi connectivity index (χ4v) is 2.91. The molecule has 3 aromatic rings. The number of carboxylic acids is 1. The van der Waals surface area contributed by atoms with Crippen molar-refractivity contribution in [1.82, 2.24) is 20.3 Å². The fraction of sp³-hybridized carbons (Fsp3) is 0.263. The first-order valence-corrected chi connectivity index (χ1v) is 9.04. The van der Waals surface area contributed by atoms with E-state index in [1.54, 1.807) is 45.2 Å². The standard InChI is InChI=1S/C19H19ClN4O5/c1-9-14(18(24(4)22-9)28-13-7-5-12(20)6-8-13)16-15(11(3)29-23-16)17(25)21-10(2)19(26)27/h5-8,10H,1-4H3,(H,21,25)(H,26,27)/t10-/m0/s1. The van der Waals surface area contributed by atoms with Gasteiger partial charge in [-0.2, -0.15) is 5.10 Å². The smallest absolute Gasteiger partial charge is 0.325 e. The van der Waals surface area contributed by atoms with E-state index >= 15 is 0 Å². The van der Waals surface area contributed by atoms with Crippen LogP contribution in [-0.2, 0) is 11.8 Å². The van der Waals surface area contributed by atoms with Crippen LogP contribution in [0.3, 0.4) is 0 Å². The van der Waals surface area contributed by atoms with Crippen molar-refractivity contribution in [3.8, 4) is 22.9 Å². The second-order valence-electron chi connectivity index (χ2n) is 6.44. The minimum atomic E-state index is -1.15. The van der Waals surface area contributed by atoms with Crippen molar-refractivity contribution in [2.75, 3.05) is 0 Å². The molecule has 9 nitrogen and oxygen atoms in total. The van der Waals surface area contributed by atoms with E-state index in [2.05, 4.69) is 15.6 Å². The van der Waals surface area contributed by atoms with Gasteiger partial charge in [0.1, 0.15) is 28.8 Å². The molecular weight excluding hydrogens is 400 g/mol. The molecule has 0 spiro atoms. The van der Waals surface area contributed by atoms with E-state index in [1.807, 2.05) is 0 Å². The van der Waals surface area contributed by atoms with Gasteiger partial charge in [-0.05, 0) is 45.0 Å². The van der Waals surface area contributed by atoms with Crippen molar-refractivity contribution >= 4 is 23.5 Å². The highest BCUT2D eigenvalue weighted by Gasteiger charge is 2.29. The Morgan fingerprint density at radius 2 is 1.93 bits per heavy atom. The molecule has 0 bridgehead atoms. The van der Waals surface area contributed by atoms with Gasteiger partial charge in [-0.15, -0.1) is 0 Å². The molecule has 1 aromatic carbocycles. The second-order valence-corrected chi connectivity index (χ2v) is 6.88. The molecule has 0 saturated heterocycles. The fourth-order valence-electron chi connectivity index (χ4n) is 2.78. The summed E-state index contributed by atoms with van der Waals surface area (Å²) in [5.74, 6) is -0.661. The second kappa shape index (κ2) is 7.96. The van der Waals surface area contributed by atoms with Crippen LogP contribution < -0.4 is 10.1 Å². The summed E-state index contributed by atoms with van der Waals surface area (Å²) in [6.45, 7) is 4.69. The molecule has 0 saturated carbocycles. The van der Waals surface area contributed by atoms with Crippen molar-refractivity contribution in [2.24, 2.45) is 7.05 Å². The molecule has 1 atom stereocenters. The molecule has 0 aliphatic rings. The molecule has 29 heavy (non-hydrogen) atoms. The van der Waals surface area contributed by atoms with E-state index < -0.39 is 17.9 Å². The first-order valence-electron chi connectivity index (χ1n) is 8.66. The van der Waals surface area contributed by atoms with Crippen molar-refractivity contribution < 1.29 is 24.0 Å². The van der Waals surface area contributed by atoms with Crippen LogP contribution >= 0.6 is 11.6 Å². The van der Waals surface area contributed by atoms with Crippen LogP contribution in [0.15, 0.2) is 28.8 Å². The minimum absolute atomic E-state index is 0.121. The number of aryl methyl sites for hydroxylation is 3. The van der Waals surface area contributed by atoms with Gasteiger partial charge in [0.2, 0.25) is 5.88 Å². The summed E-state index contributed by atoms with van der Waals surface area (Å²) in [5.41, 5.74) is 1.36. The molecule has 1 amide bonds. The third-order valence-electron chi connectivity index (χ3n) is 4.24. The number of carboxylic acid groups (broad SMARTS) is 1. The van der Waals surface area contributed by atoms with Crippen LogP contribution in [-0.4, -0.2) is 38.0 Å². The molecule has 0 aliphatic carbocycles. The number of nitrogens with zero attached hydrogens (tertiary/aromatic N) is 3. The molecule has 0 radical (unpaired) electrons. The number of carbonyl (C=O) groups excluding carboxylic acids is 1. The van der Waals surface area contributed by atoms with Gasteiger partial charge in [-0.3, -0.25) is 9.59 Å². The molecule has 0 aliphatic heterocycles.